The highest BCUT2D eigenvalue weighted by atomic mass is 19.1. The Kier molecular flexibility index (Phi) is 5.43. The molecule has 1 aliphatic rings. The zero-order valence-corrected chi connectivity index (χ0v) is 15.3. The molecule has 0 radical (unpaired) electrons. The van der Waals surface area contributed by atoms with Gasteiger partial charge in [-0.15, -0.1) is 0 Å². The van der Waals surface area contributed by atoms with E-state index in [4.69, 9.17) is 4.52 Å². The van der Waals surface area contributed by atoms with Crippen LogP contribution in [-0.4, -0.2) is 34.0 Å². The zero-order valence-electron chi connectivity index (χ0n) is 15.3. The Hall–Kier alpha value is -3.06. The number of carbonyl (C=O) groups excluding carboxylic acids is 1. The lowest BCUT2D eigenvalue weighted by Crippen LogP contribution is -2.39. The molecule has 1 amide bonds. The second-order valence-corrected chi connectivity index (χ2v) is 6.81. The molecule has 7 heteroatoms. The number of benzene rings is 1. The van der Waals surface area contributed by atoms with Gasteiger partial charge in [0.2, 0.25) is 5.91 Å². The van der Waals surface area contributed by atoms with Crippen molar-refractivity contribution in [3.8, 4) is 11.3 Å². The van der Waals surface area contributed by atoms with Gasteiger partial charge in [-0.25, -0.2) is 4.39 Å². The summed E-state index contributed by atoms with van der Waals surface area (Å²) in [5, 5.41) is 6.84. The lowest BCUT2D eigenvalue weighted by atomic mass is 10.1. The molecule has 0 aliphatic carbocycles. The minimum absolute atomic E-state index is 0.112. The van der Waals surface area contributed by atoms with Gasteiger partial charge >= 0.3 is 0 Å². The SMILES string of the molecule is O=C(NCc1cc(-c2ccccc2F)no1)[C@H](c1cccnc1)N1CCCC1. The molecule has 0 unspecified atom stereocenters. The summed E-state index contributed by atoms with van der Waals surface area (Å²) in [6.45, 7) is 1.95. The van der Waals surface area contributed by atoms with Gasteiger partial charge in [0.15, 0.2) is 5.76 Å². The number of nitrogens with zero attached hydrogens (tertiary/aromatic N) is 3. The van der Waals surface area contributed by atoms with Gasteiger partial charge in [0.25, 0.3) is 0 Å². The fraction of sp³-hybridized carbons (Fsp3) is 0.286. The van der Waals surface area contributed by atoms with Crippen molar-refractivity contribution in [3.63, 3.8) is 0 Å². The summed E-state index contributed by atoms with van der Waals surface area (Å²) in [5.74, 6) is -0.00577. The standard InChI is InChI=1S/C21H21FN4O2/c22-18-8-2-1-7-17(18)19-12-16(28-25-19)14-24-21(27)20(26-10-3-4-11-26)15-6-5-9-23-13-15/h1-2,5-9,12-13,20H,3-4,10-11,14H2,(H,24,27)/t20-/m0/s1. The lowest BCUT2D eigenvalue weighted by Gasteiger charge is -2.26. The molecular weight excluding hydrogens is 359 g/mol. The number of likely N-dealkylation sites (tertiary alicyclic amines) is 1. The Balaban J connectivity index is 1.46. The summed E-state index contributed by atoms with van der Waals surface area (Å²) in [7, 11) is 0. The van der Waals surface area contributed by atoms with Crippen molar-refractivity contribution in [1.29, 1.82) is 0 Å². The van der Waals surface area contributed by atoms with Gasteiger partial charge in [-0.05, 0) is 49.7 Å². The molecule has 1 atom stereocenters. The van der Waals surface area contributed by atoms with Crippen LogP contribution in [0, 0.1) is 5.82 Å². The van der Waals surface area contributed by atoms with Crippen molar-refractivity contribution < 1.29 is 13.7 Å². The van der Waals surface area contributed by atoms with E-state index in [1.807, 2.05) is 12.1 Å². The van der Waals surface area contributed by atoms with E-state index in [1.165, 1.54) is 6.07 Å². The fourth-order valence-corrected chi connectivity index (χ4v) is 3.53. The van der Waals surface area contributed by atoms with Gasteiger partial charge < -0.3 is 9.84 Å². The summed E-state index contributed by atoms with van der Waals surface area (Å²) in [5.41, 5.74) is 1.64. The molecule has 6 nitrogen and oxygen atoms in total. The molecule has 3 heterocycles. The van der Waals surface area contributed by atoms with Crippen LogP contribution in [0.4, 0.5) is 4.39 Å². The van der Waals surface area contributed by atoms with E-state index in [0.29, 0.717) is 17.0 Å². The van der Waals surface area contributed by atoms with Crippen LogP contribution in [0.1, 0.15) is 30.2 Å². The maximum absolute atomic E-state index is 13.9. The van der Waals surface area contributed by atoms with E-state index < -0.39 is 0 Å². The third-order valence-corrected chi connectivity index (χ3v) is 4.90. The maximum Gasteiger partial charge on any atom is 0.242 e. The van der Waals surface area contributed by atoms with Crippen molar-refractivity contribution in [2.24, 2.45) is 0 Å². The minimum atomic E-state index is -0.384. The van der Waals surface area contributed by atoms with Crippen molar-refractivity contribution >= 4 is 5.91 Å². The number of hydrogen-bond acceptors (Lipinski definition) is 5. The summed E-state index contributed by atoms with van der Waals surface area (Å²) < 4.78 is 19.2. The van der Waals surface area contributed by atoms with Crippen LogP contribution in [0.15, 0.2) is 59.4 Å². The number of pyridine rings is 1. The number of rotatable bonds is 6. The predicted octanol–water partition coefficient (Wildman–Crippen LogP) is 3.33. The molecule has 4 rings (SSSR count). The molecule has 144 valence electrons. The smallest absolute Gasteiger partial charge is 0.242 e. The van der Waals surface area contributed by atoms with Gasteiger partial charge in [0, 0.05) is 24.0 Å². The van der Waals surface area contributed by atoms with E-state index in [0.717, 1.165) is 31.5 Å². The Morgan fingerprint density at radius 3 is 2.79 bits per heavy atom. The highest BCUT2D eigenvalue weighted by Gasteiger charge is 2.29. The van der Waals surface area contributed by atoms with Crippen LogP contribution in [0.2, 0.25) is 0 Å². The molecule has 3 aromatic rings. The second kappa shape index (κ2) is 8.31. The first-order valence-corrected chi connectivity index (χ1v) is 9.34. The van der Waals surface area contributed by atoms with E-state index in [9.17, 15) is 9.18 Å². The Morgan fingerprint density at radius 1 is 1.21 bits per heavy atom. The van der Waals surface area contributed by atoms with Crippen molar-refractivity contribution in [2.45, 2.75) is 25.4 Å². The van der Waals surface area contributed by atoms with Gasteiger partial charge in [0.1, 0.15) is 17.6 Å². The molecule has 2 aromatic heterocycles. The third-order valence-electron chi connectivity index (χ3n) is 4.90. The summed E-state index contributed by atoms with van der Waals surface area (Å²) >= 11 is 0. The molecule has 1 N–H and O–H groups in total. The molecule has 28 heavy (non-hydrogen) atoms. The largest absolute Gasteiger partial charge is 0.359 e. The van der Waals surface area contributed by atoms with Crippen LogP contribution in [0.5, 0.6) is 0 Å². The van der Waals surface area contributed by atoms with Gasteiger partial charge in [0.05, 0.1) is 6.54 Å². The summed E-state index contributed by atoms with van der Waals surface area (Å²) in [6, 6.07) is 11.4. The highest BCUT2D eigenvalue weighted by Crippen LogP contribution is 2.25. The third kappa shape index (κ3) is 3.94. The van der Waals surface area contributed by atoms with Crippen LogP contribution in [0.25, 0.3) is 11.3 Å². The molecule has 1 saturated heterocycles. The normalized spacial score (nSPS) is 15.5. The Labute approximate surface area is 162 Å². The average Bonchev–Trinajstić information content (AvgIpc) is 3.40. The Morgan fingerprint density at radius 2 is 2.04 bits per heavy atom. The topological polar surface area (TPSA) is 71.3 Å². The number of nitrogens with one attached hydrogen (secondary N) is 1. The summed E-state index contributed by atoms with van der Waals surface area (Å²) in [4.78, 5) is 19.2. The molecule has 1 aromatic carbocycles. The zero-order chi connectivity index (χ0) is 19.3. The monoisotopic (exact) mass is 380 g/mol. The molecular formula is C21H21FN4O2. The molecule has 0 saturated carbocycles. The Bertz CT molecular complexity index is 938. The molecule has 1 aliphatic heterocycles. The lowest BCUT2D eigenvalue weighted by molar-refractivity contribution is -0.126. The number of hydrogen-bond donors (Lipinski definition) is 1. The highest BCUT2D eigenvalue weighted by molar-refractivity contribution is 5.83. The number of aromatic nitrogens is 2. The van der Waals surface area contributed by atoms with Gasteiger partial charge in [-0.3, -0.25) is 14.7 Å². The van der Waals surface area contributed by atoms with Crippen molar-refractivity contribution in [1.82, 2.24) is 20.4 Å². The van der Waals surface area contributed by atoms with Gasteiger partial charge in [-0.2, -0.15) is 0 Å². The minimum Gasteiger partial charge on any atom is -0.359 e. The van der Waals surface area contributed by atoms with Gasteiger partial charge in [-0.1, -0.05) is 23.4 Å². The quantitative estimate of drug-likeness (QED) is 0.710. The summed E-state index contributed by atoms with van der Waals surface area (Å²) in [6.07, 6.45) is 5.59. The van der Waals surface area contributed by atoms with Crippen LogP contribution < -0.4 is 5.32 Å². The second-order valence-electron chi connectivity index (χ2n) is 6.81. The van der Waals surface area contributed by atoms with E-state index in [1.54, 1.807) is 36.7 Å². The molecule has 0 spiro atoms. The van der Waals surface area contributed by atoms with Crippen LogP contribution in [-0.2, 0) is 11.3 Å². The van der Waals surface area contributed by atoms with E-state index in [-0.39, 0.29) is 24.3 Å². The first-order chi connectivity index (χ1) is 13.7. The van der Waals surface area contributed by atoms with Crippen LogP contribution >= 0.6 is 0 Å². The fourth-order valence-electron chi connectivity index (χ4n) is 3.53. The average molecular weight is 380 g/mol. The predicted molar refractivity (Wildman–Crippen MR) is 102 cm³/mol. The van der Waals surface area contributed by atoms with E-state index >= 15 is 0 Å². The first-order valence-electron chi connectivity index (χ1n) is 9.34. The van der Waals surface area contributed by atoms with Crippen molar-refractivity contribution in [3.05, 3.63) is 72.0 Å². The van der Waals surface area contributed by atoms with E-state index in [2.05, 4.69) is 20.4 Å². The molecule has 0 bridgehead atoms. The number of amides is 1. The number of carbonyl (C=O) groups is 1. The van der Waals surface area contributed by atoms with Crippen molar-refractivity contribution in [2.75, 3.05) is 13.1 Å². The maximum atomic E-state index is 13.9. The van der Waals surface area contributed by atoms with Crippen LogP contribution in [0.3, 0.4) is 0 Å². The molecule has 1 fully saturated rings. The first kappa shape index (κ1) is 18.3. The number of halogens is 1.